The van der Waals surface area contributed by atoms with Crippen LogP contribution in [0.25, 0.3) is 11.3 Å². The second-order valence-electron chi connectivity index (χ2n) is 8.91. The molecule has 216 valence electrons. The zero-order valence-corrected chi connectivity index (χ0v) is 22.6. The van der Waals surface area contributed by atoms with Crippen LogP contribution in [0.4, 0.5) is 23.8 Å². The summed E-state index contributed by atoms with van der Waals surface area (Å²) in [7, 11) is 0. The maximum absolute atomic E-state index is 12.9. The molecule has 42 heavy (non-hydrogen) atoms. The lowest BCUT2D eigenvalue weighted by atomic mass is 10.0. The quantitative estimate of drug-likeness (QED) is 0.208. The van der Waals surface area contributed by atoms with E-state index in [9.17, 15) is 22.8 Å². The minimum atomic E-state index is -4.58. The molecule has 0 fully saturated rings. The van der Waals surface area contributed by atoms with Crippen LogP contribution in [0.1, 0.15) is 34.0 Å². The summed E-state index contributed by atoms with van der Waals surface area (Å²) in [6.07, 6.45) is -6.34. The minimum Gasteiger partial charge on any atom is -0.493 e. The van der Waals surface area contributed by atoms with E-state index >= 15 is 0 Å². The Kier molecular flexibility index (Phi) is 8.10. The number of alkyl halides is 3. The largest absolute Gasteiger partial charge is 0.506 e. The minimum absolute atomic E-state index is 0.119. The Labute approximate surface area is 245 Å². The first-order valence-electron chi connectivity index (χ1n) is 12.1. The van der Waals surface area contributed by atoms with Crippen molar-refractivity contribution in [2.24, 2.45) is 0 Å². The van der Waals surface area contributed by atoms with Crippen LogP contribution in [0.5, 0.6) is 17.2 Å². The van der Waals surface area contributed by atoms with Crippen molar-refractivity contribution in [1.82, 2.24) is 10.2 Å². The van der Waals surface area contributed by atoms with Crippen molar-refractivity contribution >= 4 is 41.1 Å². The first kappa shape index (κ1) is 29.0. The second kappa shape index (κ2) is 11.7. The van der Waals surface area contributed by atoms with Crippen LogP contribution in [-0.2, 0) is 10.9 Å². The number of nitrogens with one attached hydrogen (secondary N) is 1. The van der Waals surface area contributed by atoms with Gasteiger partial charge in [0.05, 0.1) is 27.9 Å². The Morgan fingerprint density at radius 3 is 2.38 bits per heavy atom. The zero-order chi connectivity index (χ0) is 30.0. The highest BCUT2D eigenvalue weighted by atomic mass is 35.5. The molecule has 0 saturated carbocycles. The van der Waals surface area contributed by atoms with E-state index in [2.05, 4.69) is 15.5 Å². The Balaban J connectivity index is 1.23. The number of nitrogens with zero attached hydrogens (tertiary/aromatic N) is 2. The van der Waals surface area contributed by atoms with Crippen molar-refractivity contribution in [3.63, 3.8) is 0 Å². The van der Waals surface area contributed by atoms with Gasteiger partial charge in [-0.1, -0.05) is 29.3 Å². The zero-order valence-electron chi connectivity index (χ0n) is 21.1. The number of carbonyl (C=O) groups is 2. The lowest BCUT2D eigenvalue weighted by molar-refractivity contribution is -0.137. The van der Waals surface area contributed by atoms with Gasteiger partial charge in [-0.15, -0.1) is 10.2 Å². The summed E-state index contributed by atoms with van der Waals surface area (Å²) in [6, 6.07) is 15.4. The molecule has 3 aromatic carbocycles. The van der Waals surface area contributed by atoms with Crippen LogP contribution >= 0.6 is 23.2 Å². The van der Waals surface area contributed by atoms with E-state index in [4.69, 9.17) is 42.5 Å². The molecule has 1 aliphatic rings. The number of aromatic nitrogens is 2. The van der Waals surface area contributed by atoms with Crippen LogP contribution in [0.2, 0.25) is 10.0 Å². The third-order valence-electron chi connectivity index (χ3n) is 6.11. The molecular formula is C28H18Cl2F3N3O6. The van der Waals surface area contributed by atoms with Gasteiger partial charge in [0, 0.05) is 29.2 Å². The maximum Gasteiger partial charge on any atom is 0.506 e. The van der Waals surface area contributed by atoms with Crippen LogP contribution in [0.15, 0.2) is 66.7 Å². The van der Waals surface area contributed by atoms with Crippen LogP contribution in [-0.4, -0.2) is 34.0 Å². The predicted octanol–water partition coefficient (Wildman–Crippen LogP) is 8.03. The number of carboxylic acid groups (broad SMARTS) is 1. The fraction of sp³-hybridized carbons (Fsp3) is 0.143. The molecule has 14 heteroatoms. The molecule has 0 saturated heterocycles. The topological polar surface area (TPSA) is 120 Å². The standard InChI is InChI=1S/C28H18Cl2F3N3O6/c29-19-11-15(3-6-18(19)28(31,32)33)21-7-8-25(36-35-21)34-26(37)14-1-4-16(5-2-14)41-24-13-23-17(12-20(24)30)22(9-10-40-23)42-27(38)39/h1-8,11-13,22H,9-10H2,(H,38,39)(H,34,36,37). The number of hydrogen-bond acceptors (Lipinski definition) is 7. The fourth-order valence-electron chi connectivity index (χ4n) is 4.13. The molecule has 1 aliphatic heterocycles. The van der Waals surface area contributed by atoms with Crippen molar-refractivity contribution in [3.8, 4) is 28.5 Å². The number of anilines is 1. The van der Waals surface area contributed by atoms with Gasteiger partial charge in [0.15, 0.2) is 5.82 Å². The highest BCUT2D eigenvalue weighted by molar-refractivity contribution is 6.32. The van der Waals surface area contributed by atoms with Crippen molar-refractivity contribution < 1.29 is 42.1 Å². The summed E-state index contributed by atoms with van der Waals surface area (Å²) < 4.78 is 55.2. The molecule has 2 heterocycles. The van der Waals surface area contributed by atoms with Crippen molar-refractivity contribution in [2.45, 2.75) is 18.7 Å². The molecule has 1 unspecified atom stereocenters. The molecule has 0 bridgehead atoms. The number of halogens is 5. The summed E-state index contributed by atoms with van der Waals surface area (Å²) in [5.41, 5.74) is 0.403. The van der Waals surface area contributed by atoms with E-state index in [1.807, 2.05) is 0 Å². The van der Waals surface area contributed by atoms with Crippen LogP contribution in [0.3, 0.4) is 0 Å². The van der Waals surface area contributed by atoms with Gasteiger partial charge < -0.3 is 24.6 Å². The van der Waals surface area contributed by atoms with E-state index < -0.39 is 34.9 Å². The average molecular weight is 620 g/mol. The molecule has 1 amide bonds. The SMILES string of the molecule is O=C(O)OC1CCOc2cc(Oc3ccc(C(=O)Nc4ccc(-c5ccc(C(F)(F)F)c(Cl)c5)nn4)cc3)c(Cl)cc21. The average Bonchev–Trinajstić information content (AvgIpc) is 2.93. The summed E-state index contributed by atoms with van der Waals surface area (Å²) in [5.74, 6) is 0.630. The van der Waals surface area contributed by atoms with Gasteiger partial charge in [-0.2, -0.15) is 13.2 Å². The summed E-state index contributed by atoms with van der Waals surface area (Å²) >= 11 is 12.1. The van der Waals surface area contributed by atoms with Gasteiger partial charge in [-0.25, -0.2) is 4.79 Å². The molecule has 1 atom stereocenters. The lowest BCUT2D eigenvalue weighted by Gasteiger charge is -2.25. The third-order valence-corrected chi connectivity index (χ3v) is 6.72. The summed E-state index contributed by atoms with van der Waals surface area (Å²) in [6.45, 7) is 0.256. The third kappa shape index (κ3) is 6.50. The van der Waals surface area contributed by atoms with Gasteiger partial charge in [0.1, 0.15) is 23.4 Å². The highest BCUT2D eigenvalue weighted by Gasteiger charge is 2.33. The maximum atomic E-state index is 12.9. The van der Waals surface area contributed by atoms with Gasteiger partial charge in [-0.05, 0) is 54.6 Å². The Hall–Kier alpha value is -4.55. The number of carbonyl (C=O) groups excluding carboxylic acids is 1. The highest BCUT2D eigenvalue weighted by Crippen LogP contribution is 2.42. The number of fused-ring (bicyclic) bond motifs is 1. The molecular weight excluding hydrogens is 602 g/mol. The van der Waals surface area contributed by atoms with Crippen molar-refractivity contribution in [2.75, 3.05) is 11.9 Å². The number of benzene rings is 3. The van der Waals surface area contributed by atoms with Crippen LogP contribution < -0.4 is 14.8 Å². The number of amides is 1. The number of ether oxygens (including phenoxy) is 3. The van der Waals surface area contributed by atoms with Crippen molar-refractivity contribution in [3.05, 3.63) is 93.5 Å². The van der Waals surface area contributed by atoms with Gasteiger partial charge in [-0.3, -0.25) is 4.79 Å². The second-order valence-corrected chi connectivity index (χ2v) is 9.72. The smallest absolute Gasteiger partial charge is 0.493 e. The molecule has 5 rings (SSSR count). The Bertz CT molecular complexity index is 1650. The number of hydrogen-bond donors (Lipinski definition) is 2. The molecule has 2 N–H and O–H groups in total. The molecule has 4 aromatic rings. The normalized spacial score (nSPS) is 14.4. The molecule has 9 nitrogen and oxygen atoms in total. The van der Waals surface area contributed by atoms with E-state index in [1.165, 1.54) is 42.5 Å². The summed E-state index contributed by atoms with van der Waals surface area (Å²) in [5, 5.41) is 19.2. The molecule has 0 radical (unpaired) electrons. The van der Waals surface area contributed by atoms with Gasteiger partial charge >= 0.3 is 12.3 Å². The van der Waals surface area contributed by atoms with Crippen molar-refractivity contribution in [1.29, 1.82) is 0 Å². The van der Waals surface area contributed by atoms with E-state index in [0.29, 0.717) is 29.0 Å². The van der Waals surface area contributed by atoms with Crippen LogP contribution in [0, 0.1) is 0 Å². The Morgan fingerprint density at radius 1 is 0.976 bits per heavy atom. The van der Waals surface area contributed by atoms with E-state index in [-0.39, 0.29) is 34.5 Å². The Morgan fingerprint density at radius 2 is 1.74 bits per heavy atom. The monoisotopic (exact) mass is 619 g/mol. The first-order valence-corrected chi connectivity index (χ1v) is 12.9. The van der Waals surface area contributed by atoms with E-state index in [1.54, 1.807) is 12.1 Å². The predicted molar refractivity (Wildman–Crippen MR) is 145 cm³/mol. The molecule has 0 spiro atoms. The number of rotatable bonds is 6. The van der Waals surface area contributed by atoms with Gasteiger partial charge in [0.2, 0.25) is 0 Å². The molecule has 0 aliphatic carbocycles. The fourth-order valence-corrected chi connectivity index (χ4v) is 4.63. The van der Waals surface area contributed by atoms with E-state index in [0.717, 1.165) is 12.1 Å². The first-order chi connectivity index (χ1) is 20.0. The summed E-state index contributed by atoms with van der Waals surface area (Å²) in [4.78, 5) is 23.7. The van der Waals surface area contributed by atoms with Gasteiger partial charge in [0.25, 0.3) is 5.91 Å². The lowest BCUT2D eigenvalue weighted by Crippen LogP contribution is -2.18. The molecule has 1 aromatic heterocycles.